The van der Waals surface area contributed by atoms with E-state index >= 15 is 0 Å². The summed E-state index contributed by atoms with van der Waals surface area (Å²) in [4.78, 5) is 15.9. The van der Waals surface area contributed by atoms with Crippen LogP contribution in [0, 0.1) is 5.92 Å². The highest BCUT2D eigenvalue weighted by molar-refractivity contribution is 9.11. The molecular formula is C20H25BrCl2N2O2S. The number of anilines is 1. The summed E-state index contributed by atoms with van der Waals surface area (Å²) in [5.74, 6) is 0.356. The molecule has 2 atom stereocenters. The minimum absolute atomic E-state index is 0. The first-order chi connectivity index (χ1) is 12.5. The van der Waals surface area contributed by atoms with Gasteiger partial charge in [-0.25, -0.2) is 0 Å². The lowest BCUT2D eigenvalue weighted by Crippen LogP contribution is -2.51. The molecule has 0 radical (unpaired) electrons. The Labute approximate surface area is 190 Å². The molecule has 1 aliphatic heterocycles. The molecule has 0 amide bonds. The number of nitrogen functional groups attached to an aromatic ring is 1. The van der Waals surface area contributed by atoms with Gasteiger partial charge in [0, 0.05) is 24.1 Å². The molecule has 1 saturated heterocycles. The summed E-state index contributed by atoms with van der Waals surface area (Å²) < 4.78 is 1.000. The number of fused-ring (bicyclic) bond motifs is 1. The molecule has 154 valence electrons. The van der Waals surface area contributed by atoms with Gasteiger partial charge in [-0.3, -0.25) is 9.69 Å². The molecule has 0 unspecified atom stereocenters. The highest BCUT2D eigenvalue weighted by Crippen LogP contribution is 2.33. The SMILES string of the molecule is Cl.Cl.Nc1cccc2c1C[C@@H](N1CCC(C(=O)c3ccc(Br)s3)CC1)[C@H](O)C2. The van der Waals surface area contributed by atoms with Gasteiger partial charge in [0.25, 0.3) is 0 Å². The van der Waals surface area contributed by atoms with E-state index in [-0.39, 0.29) is 48.7 Å². The summed E-state index contributed by atoms with van der Waals surface area (Å²) in [6.45, 7) is 1.71. The topological polar surface area (TPSA) is 66.6 Å². The Morgan fingerprint density at radius 2 is 1.86 bits per heavy atom. The maximum atomic E-state index is 12.7. The number of carbonyl (C=O) groups excluding carboxylic acids is 1. The number of nitrogens with two attached hydrogens (primary N) is 1. The Morgan fingerprint density at radius 3 is 2.50 bits per heavy atom. The molecule has 28 heavy (non-hydrogen) atoms. The van der Waals surface area contributed by atoms with Gasteiger partial charge in [-0.1, -0.05) is 12.1 Å². The van der Waals surface area contributed by atoms with Crippen LogP contribution in [-0.2, 0) is 12.8 Å². The second-order valence-electron chi connectivity index (χ2n) is 7.31. The van der Waals surface area contributed by atoms with Crippen LogP contribution in [0.2, 0.25) is 0 Å². The number of ketones is 1. The van der Waals surface area contributed by atoms with Crippen molar-refractivity contribution in [2.45, 2.75) is 37.8 Å². The molecule has 2 heterocycles. The number of carbonyl (C=O) groups is 1. The van der Waals surface area contributed by atoms with Crippen LogP contribution >= 0.6 is 52.1 Å². The molecule has 0 bridgehead atoms. The zero-order valence-electron chi connectivity index (χ0n) is 15.3. The zero-order chi connectivity index (χ0) is 18.3. The summed E-state index contributed by atoms with van der Waals surface area (Å²) >= 11 is 4.94. The lowest BCUT2D eigenvalue weighted by Gasteiger charge is -2.42. The molecule has 1 aromatic heterocycles. The molecule has 0 saturated carbocycles. The molecule has 0 spiro atoms. The molecule has 2 aromatic rings. The Balaban J connectivity index is 0.00000140. The second-order valence-corrected chi connectivity index (χ2v) is 9.77. The van der Waals surface area contributed by atoms with E-state index < -0.39 is 0 Å². The van der Waals surface area contributed by atoms with Crippen molar-refractivity contribution in [1.82, 2.24) is 4.90 Å². The number of Topliss-reactive ketones (excluding diaryl/α,β-unsaturated/α-hetero) is 1. The first kappa shape index (κ1) is 23.6. The highest BCUT2D eigenvalue weighted by Gasteiger charge is 2.35. The summed E-state index contributed by atoms with van der Waals surface area (Å²) in [7, 11) is 0. The van der Waals surface area contributed by atoms with Crippen LogP contribution in [0.4, 0.5) is 5.69 Å². The van der Waals surface area contributed by atoms with Gasteiger partial charge in [0.1, 0.15) is 0 Å². The fraction of sp³-hybridized carbons (Fsp3) is 0.450. The van der Waals surface area contributed by atoms with Crippen molar-refractivity contribution >= 4 is 63.6 Å². The average molecular weight is 508 g/mol. The Bertz CT molecular complexity index is 824. The average Bonchev–Trinajstić information content (AvgIpc) is 3.07. The van der Waals surface area contributed by atoms with Gasteiger partial charge < -0.3 is 10.8 Å². The van der Waals surface area contributed by atoms with E-state index in [0.717, 1.165) is 46.7 Å². The van der Waals surface area contributed by atoms with Crippen LogP contribution in [0.15, 0.2) is 34.1 Å². The molecule has 1 aliphatic carbocycles. The van der Waals surface area contributed by atoms with Crippen LogP contribution in [-0.4, -0.2) is 41.0 Å². The van der Waals surface area contributed by atoms with Crippen molar-refractivity contribution in [3.05, 3.63) is 50.1 Å². The van der Waals surface area contributed by atoms with Crippen LogP contribution in [0.25, 0.3) is 0 Å². The number of piperidine rings is 1. The maximum absolute atomic E-state index is 12.7. The summed E-state index contributed by atoms with van der Waals surface area (Å²) in [5, 5.41) is 10.7. The van der Waals surface area contributed by atoms with Crippen molar-refractivity contribution in [2.75, 3.05) is 18.8 Å². The van der Waals surface area contributed by atoms with E-state index in [2.05, 4.69) is 26.9 Å². The smallest absolute Gasteiger partial charge is 0.175 e. The number of nitrogens with zero attached hydrogens (tertiary/aromatic N) is 1. The molecule has 3 N–H and O–H groups in total. The quantitative estimate of drug-likeness (QED) is 0.478. The number of benzene rings is 1. The van der Waals surface area contributed by atoms with E-state index in [1.807, 2.05) is 24.3 Å². The number of thiophene rings is 1. The summed E-state index contributed by atoms with van der Waals surface area (Å²) in [6.07, 6.45) is 2.79. The van der Waals surface area contributed by atoms with Crippen molar-refractivity contribution in [3.8, 4) is 0 Å². The van der Waals surface area contributed by atoms with Gasteiger partial charge >= 0.3 is 0 Å². The molecule has 4 nitrogen and oxygen atoms in total. The number of hydrogen-bond acceptors (Lipinski definition) is 5. The Morgan fingerprint density at radius 1 is 1.14 bits per heavy atom. The monoisotopic (exact) mass is 506 g/mol. The Hall–Kier alpha value is -0.630. The van der Waals surface area contributed by atoms with Crippen LogP contribution in [0.5, 0.6) is 0 Å². The fourth-order valence-electron chi connectivity index (χ4n) is 4.31. The van der Waals surface area contributed by atoms with Gasteiger partial charge in [-0.05, 0) is 77.6 Å². The molecule has 8 heteroatoms. The number of halogens is 3. The van der Waals surface area contributed by atoms with E-state index in [0.29, 0.717) is 6.42 Å². The Kier molecular flexibility index (Phi) is 8.38. The molecule has 4 rings (SSSR count). The first-order valence-corrected chi connectivity index (χ1v) is 10.7. The third-order valence-electron chi connectivity index (χ3n) is 5.78. The van der Waals surface area contributed by atoms with Crippen molar-refractivity contribution in [2.24, 2.45) is 5.92 Å². The van der Waals surface area contributed by atoms with Crippen LogP contribution in [0.1, 0.15) is 33.6 Å². The maximum Gasteiger partial charge on any atom is 0.175 e. The number of aliphatic hydroxyl groups excluding tert-OH is 1. The fourth-order valence-corrected chi connectivity index (χ4v) is 5.72. The largest absolute Gasteiger partial charge is 0.398 e. The number of aliphatic hydroxyl groups is 1. The number of rotatable bonds is 3. The predicted octanol–water partition coefficient (Wildman–Crippen LogP) is 4.36. The molecular weight excluding hydrogens is 483 g/mol. The van der Waals surface area contributed by atoms with Crippen LogP contribution < -0.4 is 5.73 Å². The van der Waals surface area contributed by atoms with Gasteiger partial charge in [0.2, 0.25) is 0 Å². The van der Waals surface area contributed by atoms with E-state index in [1.54, 1.807) is 0 Å². The van der Waals surface area contributed by atoms with Crippen LogP contribution in [0.3, 0.4) is 0 Å². The third kappa shape index (κ3) is 4.74. The van der Waals surface area contributed by atoms with Gasteiger partial charge in [-0.2, -0.15) is 0 Å². The van der Waals surface area contributed by atoms with Crippen molar-refractivity contribution < 1.29 is 9.90 Å². The van der Waals surface area contributed by atoms with Crippen molar-refractivity contribution in [3.63, 3.8) is 0 Å². The minimum Gasteiger partial charge on any atom is -0.398 e. The molecule has 1 aromatic carbocycles. The van der Waals surface area contributed by atoms with Gasteiger partial charge in [0.05, 0.1) is 14.8 Å². The van der Waals surface area contributed by atoms with E-state index in [4.69, 9.17) is 5.73 Å². The summed E-state index contributed by atoms with van der Waals surface area (Å²) in [6, 6.07) is 9.91. The second kappa shape index (κ2) is 9.92. The zero-order valence-corrected chi connectivity index (χ0v) is 19.4. The molecule has 1 fully saturated rings. The lowest BCUT2D eigenvalue weighted by molar-refractivity contribution is 0.0241. The minimum atomic E-state index is -0.371. The highest BCUT2D eigenvalue weighted by atomic mass is 79.9. The third-order valence-corrected chi connectivity index (χ3v) is 7.42. The summed E-state index contributed by atoms with van der Waals surface area (Å²) in [5.41, 5.74) is 9.34. The lowest BCUT2D eigenvalue weighted by atomic mass is 9.82. The van der Waals surface area contributed by atoms with E-state index in [9.17, 15) is 9.90 Å². The van der Waals surface area contributed by atoms with E-state index in [1.165, 1.54) is 22.5 Å². The van der Waals surface area contributed by atoms with Gasteiger partial charge in [0.15, 0.2) is 5.78 Å². The first-order valence-electron chi connectivity index (χ1n) is 9.11. The predicted molar refractivity (Wildman–Crippen MR) is 123 cm³/mol. The van der Waals surface area contributed by atoms with Crippen molar-refractivity contribution in [1.29, 1.82) is 0 Å². The normalized spacial score (nSPS) is 22.6. The number of likely N-dealkylation sites (tertiary alicyclic amines) is 1. The standard InChI is InChI=1S/C20H23BrN2O2S.2ClH/c21-19-5-4-18(26-19)20(25)12-6-8-23(9-7-12)16-11-14-13(10-17(16)24)2-1-3-15(14)22;;/h1-5,12,16-17,24H,6-11,22H2;2*1H/t16-,17-;;/m1../s1. The number of hydrogen-bond donors (Lipinski definition) is 2. The van der Waals surface area contributed by atoms with Gasteiger partial charge in [-0.15, -0.1) is 36.2 Å². The molecule has 2 aliphatic rings.